The highest BCUT2D eigenvalue weighted by molar-refractivity contribution is 6.15. The van der Waals surface area contributed by atoms with Crippen molar-refractivity contribution in [2.24, 2.45) is 0 Å². The largest absolute Gasteiger partial charge is 0.456 e. The summed E-state index contributed by atoms with van der Waals surface area (Å²) in [7, 11) is 0. The third-order valence-corrected chi connectivity index (χ3v) is 10.4. The van der Waals surface area contributed by atoms with Crippen molar-refractivity contribution < 1.29 is 4.42 Å². The Morgan fingerprint density at radius 2 is 1.17 bits per heavy atom. The van der Waals surface area contributed by atoms with Gasteiger partial charge in [-0.15, -0.1) is 0 Å². The fourth-order valence-electron chi connectivity index (χ4n) is 8.16. The molecular weight excluding hydrogens is 585 g/mol. The van der Waals surface area contributed by atoms with Gasteiger partial charge in [0, 0.05) is 38.6 Å². The smallest absolute Gasteiger partial charge is 0.137 e. The van der Waals surface area contributed by atoms with Crippen molar-refractivity contribution in [3.8, 4) is 16.8 Å². The maximum atomic E-state index is 6.41. The maximum Gasteiger partial charge on any atom is 0.137 e. The Labute approximate surface area is 278 Å². The summed E-state index contributed by atoms with van der Waals surface area (Å²) < 4.78 is 8.79. The van der Waals surface area contributed by atoms with E-state index in [9.17, 15) is 0 Å². The molecule has 0 fully saturated rings. The number of anilines is 3. The van der Waals surface area contributed by atoms with Crippen LogP contribution in [0, 0.1) is 0 Å². The van der Waals surface area contributed by atoms with Crippen LogP contribution >= 0.6 is 0 Å². The van der Waals surface area contributed by atoms with Gasteiger partial charge in [0.15, 0.2) is 0 Å². The van der Waals surface area contributed by atoms with Crippen molar-refractivity contribution in [1.29, 1.82) is 0 Å². The molecule has 0 unspecified atom stereocenters. The van der Waals surface area contributed by atoms with Gasteiger partial charge in [-0.05, 0) is 89.0 Å². The zero-order valence-electron chi connectivity index (χ0n) is 26.8. The zero-order valence-corrected chi connectivity index (χ0v) is 26.8. The van der Waals surface area contributed by atoms with Gasteiger partial charge in [0.05, 0.1) is 22.1 Å². The molecule has 228 valence electrons. The van der Waals surface area contributed by atoms with E-state index in [2.05, 4.69) is 175 Å². The molecule has 0 spiro atoms. The quantitative estimate of drug-likeness (QED) is 0.196. The van der Waals surface area contributed by atoms with Crippen LogP contribution in [-0.2, 0) is 5.41 Å². The molecule has 48 heavy (non-hydrogen) atoms. The van der Waals surface area contributed by atoms with E-state index in [1.54, 1.807) is 0 Å². The van der Waals surface area contributed by atoms with Gasteiger partial charge in [-0.25, -0.2) is 0 Å². The zero-order chi connectivity index (χ0) is 32.0. The summed E-state index contributed by atoms with van der Waals surface area (Å²) in [6.45, 7) is 4.70. The molecule has 9 aromatic rings. The Morgan fingerprint density at radius 1 is 0.500 bits per heavy atom. The second-order valence-corrected chi connectivity index (χ2v) is 13.4. The second-order valence-electron chi connectivity index (χ2n) is 13.4. The highest BCUT2D eigenvalue weighted by Gasteiger charge is 2.36. The lowest BCUT2D eigenvalue weighted by Crippen LogP contribution is -2.16. The molecule has 0 N–H and O–H groups in total. The van der Waals surface area contributed by atoms with Gasteiger partial charge in [0.25, 0.3) is 0 Å². The molecule has 1 aliphatic rings. The van der Waals surface area contributed by atoms with Crippen LogP contribution in [0.2, 0.25) is 0 Å². The van der Waals surface area contributed by atoms with Crippen LogP contribution in [-0.4, -0.2) is 4.57 Å². The lowest BCUT2D eigenvalue weighted by molar-refractivity contribution is 0.660. The molecule has 0 saturated carbocycles. The minimum atomic E-state index is -0.116. The maximum absolute atomic E-state index is 6.41. The van der Waals surface area contributed by atoms with E-state index in [0.29, 0.717) is 0 Å². The Balaban J connectivity index is 1.26. The number of hydrogen-bond acceptors (Lipinski definition) is 2. The van der Waals surface area contributed by atoms with Gasteiger partial charge in [0.2, 0.25) is 0 Å². The number of fused-ring (bicyclic) bond motifs is 9. The van der Waals surface area contributed by atoms with E-state index in [-0.39, 0.29) is 5.41 Å². The Hall–Kier alpha value is -6.06. The molecule has 3 heteroatoms. The molecule has 7 aromatic carbocycles. The van der Waals surface area contributed by atoms with E-state index in [1.165, 1.54) is 44.1 Å². The van der Waals surface area contributed by atoms with Crippen LogP contribution in [0.1, 0.15) is 25.0 Å². The molecule has 0 atom stereocenters. The molecule has 0 bridgehead atoms. The molecule has 0 amide bonds. The van der Waals surface area contributed by atoms with Crippen LogP contribution in [0.25, 0.3) is 60.6 Å². The van der Waals surface area contributed by atoms with Crippen molar-refractivity contribution >= 4 is 60.8 Å². The van der Waals surface area contributed by atoms with Gasteiger partial charge in [-0.1, -0.05) is 105 Å². The summed E-state index contributed by atoms with van der Waals surface area (Å²) in [5.41, 5.74) is 13.9. The molecule has 3 nitrogen and oxygen atoms in total. The van der Waals surface area contributed by atoms with Crippen molar-refractivity contribution in [3.63, 3.8) is 0 Å². The summed E-state index contributed by atoms with van der Waals surface area (Å²) in [5, 5.41) is 4.68. The molecule has 2 heterocycles. The average molecular weight is 617 g/mol. The van der Waals surface area contributed by atoms with Gasteiger partial charge >= 0.3 is 0 Å². The Kier molecular flexibility index (Phi) is 5.63. The number of rotatable bonds is 4. The Bertz CT molecular complexity index is 2710. The first kappa shape index (κ1) is 27.1. The first-order valence-electron chi connectivity index (χ1n) is 16.6. The number of hydrogen-bond donors (Lipinski definition) is 0. The van der Waals surface area contributed by atoms with E-state index < -0.39 is 0 Å². The first-order valence-corrected chi connectivity index (χ1v) is 16.6. The number of nitrogens with zero attached hydrogens (tertiary/aromatic N) is 2. The number of aromatic nitrogens is 1. The highest BCUT2D eigenvalue weighted by atomic mass is 16.3. The molecule has 0 aliphatic heterocycles. The third kappa shape index (κ3) is 3.76. The lowest BCUT2D eigenvalue weighted by atomic mass is 9.82. The molecular formula is C45H32N2O. The van der Waals surface area contributed by atoms with Crippen LogP contribution < -0.4 is 4.90 Å². The predicted octanol–water partition coefficient (Wildman–Crippen LogP) is 12.5. The van der Waals surface area contributed by atoms with E-state index >= 15 is 0 Å². The minimum Gasteiger partial charge on any atom is -0.456 e. The third-order valence-electron chi connectivity index (χ3n) is 10.4. The van der Waals surface area contributed by atoms with Crippen LogP contribution in [0.5, 0.6) is 0 Å². The van der Waals surface area contributed by atoms with Crippen molar-refractivity contribution in [1.82, 2.24) is 4.57 Å². The number of benzene rings is 7. The number of para-hydroxylation sites is 3. The van der Waals surface area contributed by atoms with Crippen LogP contribution in [0.3, 0.4) is 0 Å². The molecule has 0 saturated heterocycles. The van der Waals surface area contributed by atoms with Crippen LogP contribution in [0.4, 0.5) is 17.1 Å². The molecule has 2 aromatic heterocycles. The highest BCUT2D eigenvalue weighted by Crippen LogP contribution is 2.51. The van der Waals surface area contributed by atoms with Gasteiger partial charge in [-0.2, -0.15) is 0 Å². The van der Waals surface area contributed by atoms with E-state index in [1.807, 2.05) is 6.07 Å². The summed E-state index contributed by atoms with van der Waals surface area (Å²) in [5.74, 6) is 0. The van der Waals surface area contributed by atoms with Crippen molar-refractivity contribution in [3.05, 3.63) is 169 Å². The summed E-state index contributed by atoms with van der Waals surface area (Å²) >= 11 is 0. The number of furan rings is 1. The van der Waals surface area contributed by atoms with Crippen molar-refractivity contribution in [2.75, 3.05) is 4.90 Å². The topological polar surface area (TPSA) is 21.3 Å². The van der Waals surface area contributed by atoms with Gasteiger partial charge < -0.3 is 13.9 Å². The monoisotopic (exact) mass is 616 g/mol. The van der Waals surface area contributed by atoms with Gasteiger partial charge in [-0.3, -0.25) is 0 Å². The fourth-order valence-corrected chi connectivity index (χ4v) is 8.16. The summed E-state index contributed by atoms with van der Waals surface area (Å²) in [4.78, 5) is 2.43. The Morgan fingerprint density at radius 3 is 2.06 bits per heavy atom. The lowest BCUT2D eigenvalue weighted by Gasteiger charge is -2.28. The van der Waals surface area contributed by atoms with Crippen LogP contribution in [0.15, 0.2) is 162 Å². The SMILES string of the molecule is CC1(C)c2ccccc2-c2ccc(N(c3ccc4c(c3)c3ccccc3n4-c3ccccc3)c3cccc4oc5ccccc5c34)cc21. The summed E-state index contributed by atoms with van der Waals surface area (Å²) in [6.07, 6.45) is 0. The standard InChI is InChI=1S/C45H32N2O/c1-45(2)37-18-9-6-15-32(37)33-25-23-31(28-38(33)45)46(41-20-12-22-43-44(41)35-17-8-11-21-42(35)48-43)30-24-26-40-36(27-30)34-16-7-10-19-39(34)47(40)29-13-4-3-5-14-29/h3-28H,1-2H3. The minimum absolute atomic E-state index is 0.116. The average Bonchev–Trinajstić information content (AvgIpc) is 3.75. The first-order chi connectivity index (χ1) is 23.6. The predicted molar refractivity (Wildman–Crippen MR) is 200 cm³/mol. The molecule has 0 radical (unpaired) electrons. The van der Waals surface area contributed by atoms with E-state index in [0.717, 1.165) is 44.7 Å². The molecule has 1 aliphatic carbocycles. The fraction of sp³-hybridized carbons (Fsp3) is 0.0667. The molecule has 10 rings (SSSR count). The van der Waals surface area contributed by atoms with E-state index in [4.69, 9.17) is 4.42 Å². The second kappa shape index (κ2) is 9.97. The summed E-state index contributed by atoms with van der Waals surface area (Å²) in [6, 6.07) is 56.9. The van der Waals surface area contributed by atoms with Gasteiger partial charge in [0.1, 0.15) is 11.2 Å². The normalized spacial score (nSPS) is 13.4. The van der Waals surface area contributed by atoms with Crippen molar-refractivity contribution in [2.45, 2.75) is 19.3 Å².